The predicted molar refractivity (Wildman–Crippen MR) is 100.0 cm³/mol. The molecule has 0 heterocycles. The highest BCUT2D eigenvalue weighted by molar-refractivity contribution is 6.35. The highest BCUT2D eigenvalue weighted by atomic mass is 16.2. The predicted octanol–water partition coefficient (Wildman–Crippen LogP) is 3.75. The maximum atomic E-state index is 12.6. The first-order valence-corrected chi connectivity index (χ1v) is 10.6. The number of unbranched alkanes of at least 4 members (excludes halogenated alkanes) is 1. The average molecular weight is 349 g/mol. The number of carbonyl (C=O) groups excluding carboxylic acids is 2. The molecule has 2 amide bonds. The third kappa shape index (κ3) is 3.88. The Balaban J connectivity index is 1.61. The minimum Gasteiger partial charge on any atom is -0.345 e. The van der Waals surface area contributed by atoms with Crippen LogP contribution in [0.25, 0.3) is 0 Å². The van der Waals surface area contributed by atoms with Gasteiger partial charge in [-0.1, -0.05) is 20.3 Å². The lowest BCUT2D eigenvalue weighted by molar-refractivity contribution is -0.148. The van der Waals surface area contributed by atoms with Crippen molar-refractivity contribution in [1.29, 1.82) is 0 Å². The lowest BCUT2D eigenvalue weighted by atomic mass is 9.48. The zero-order chi connectivity index (χ0) is 18.0. The van der Waals surface area contributed by atoms with E-state index in [0.29, 0.717) is 13.1 Å². The van der Waals surface area contributed by atoms with Crippen LogP contribution < -0.4 is 5.32 Å². The van der Waals surface area contributed by atoms with Crippen LogP contribution in [0.3, 0.4) is 0 Å². The fourth-order valence-electron chi connectivity index (χ4n) is 6.20. The summed E-state index contributed by atoms with van der Waals surface area (Å²) >= 11 is 0. The van der Waals surface area contributed by atoms with Crippen LogP contribution in [-0.2, 0) is 9.59 Å². The first-order valence-electron chi connectivity index (χ1n) is 10.6. The fraction of sp³-hybridized carbons (Fsp3) is 0.905. The number of rotatable bonds is 7. The summed E-state index contributed by atoms with van der Waals surface area (Å²) in [6, 6.07) is 0.118. The molecule has 0 aromatic heterocycles. The van der Waals surface area contributed by atoms with Crippen molar-refractivity contribution in [3.05, 3.63) is 0 Å². The second-order valence-corrected chi connectivity index (χ2v) is 9.12. The fourth-order valence-corrected chi connectivity index (χ4v) is 6.20. The molecule has 0 spiro atoms. The van der Waals surface area contributed by atoms with E-state index < -0.39 is 0 Å². The van der Waals surface area contributed by atoms with E-state index in [1.165, 1.54) is 38.5 Å². The Kier molecular flexibility index (Phi) is 5.75. The Morgan fingerprint density at radius 3 is 2.04 bits per heavy atom. The van der Waals surface area contributed by atoms with Crippen LogP contribution in [0.15, 0.2) is 0 Å². The molecule has 1 N–H and O–H groups in total. The van der Waals surface area contributed by atoms with Gasteiger partial charge in [0.2, 0.25) is 0 Å². The van der Waals surface area contributed by atoms with Gasteiger partial charge in [0.1, 0.15) is 0 Å². The molecule has 142 valence electrons. The summed E-state index contributed by atoms with van der Waals surface area (Å²) in [5.41, 5.74) is 0.254. The van der Waals surface area contributed by atoms with E-state index in [-0.39, 0.29) is 23.3 Å². The van der Waals surface area contributed by atoms with Crippen molar-refractivity contribution in [1.82, 2.24) is 10.2 Å². The minimum absolute atomic E-state index is 0.118. The van der Waals surface area contributed by atoms with Crippen molar-refractivity contribution < 1.29 is 9.59 Å². The molecule has 4 bridgehead atoms. The summed E-state index contributed by atoms with van der Waals surface area (Å²) in [4.78, 5) is 27.0. The topological polar surface area (TPSA) is 49.4 Å². The van der Waals surface area contributed by atoms with Crippen molar-refractivity contribution in [2.24, 2.45) is 23.2 Å². The molecule has 1 unspecified atom stereocenters. The van der Waals surface area contributed by atoms with E-state index in [9.17, 15) is 9.59 Å². The molecule has 0 saturated heterocycles. The van der Waals surface area contributed by atoms with Gasteiger partial charge in [0, 0.05) is 19.1 Å². The molecule has 4 saturated carbocycles. The number of hydrogen-bond donors (Lipinski definition) is 1. The summed E-state index contributed by atoms with van der Waals surface area (Å²) < 4.78 is 0. The second-order valence-electron chi connectivity index (χ2n) is 9.12. The first-order chi connectivity index (χ1) is 12.0. The van der Waals surface area contributed by atoms with Crippen LogP contribution in [0.5, 0.6) is 0 Å². The molecule has 0 aromatic rings. The second kappa shape index (κ2) is 7.67. The van der Waals surface area contributed by atoms with Crippen molar-refractivity contribution in [2.45, 2.75) is 84.6 Å². The van der Waals surface area contributed by atoms with Crippen LogP contribution in [0.2, 0.25) is 0 Å². The summed E-state index contributed by atoms with van der Waals surface area (Å²) in [5, 5.41) is 3.12. The monoisotopic (exact) mass is 348 g/mol. The molecule has 25 heavy (non-hydrogen) atoms. The number of nitrogens with zero attached hydrogens (tertiary/aromatic N) is 1. The quantitative estimate of drug-likeness (QED) is 0.713. The largest absolute Gasteiger partial charge is 0.345 e. The molecule has 4 fully saturated rings. The van der Waals surface area contributed by atoms with Crippen LogP contribution >= 0.6 is 0 Å². The standard InChI is InChI=1S/C21H36N2O2/c1-4-6-8-23(7-5-2)20(25)19(24)22-15(3)21-12-16-9-17(13-21)11-18(10-16)14-21/h15-18H,4-14H2,1-3H3,(H,22,24). The van der Waals surface area contributed by atoms with Gasteiger partial charge in [-0.3, -0.25) is 9.59 Å². The Morgan fingerprint density at radius 1 is 1.00 bits per heavy atom. The number of carbonyl (C=O) groups is 2. The third-order valence-electron chi connectivity index (χ3n) is 7.11. The molecule has 0 aliphatic heterocycles. The van der Waals surface area contributed by atoms with Gasteiger partial charge in [0.05, 0.1) is 0 Å². The molecule has 0 aromatic carbocycles. The van der Waals surface area contributed by atoms with Gasteiger partial charge in [-0.2, -0.15) is 0 Å². The lowest BCUT2D eigenvalue weighted by Gasteiger charge is -2.59. The van der Waals surface area contributed by atoms with Gasteiger partial charge in [0.15, 0.2) is 0 Å². The van der Waals surface area contributed by atoms with Crippen molar-refractivity contribution in [3.8, 4) is 0 Å². The highest BCUT2D eigenvalue weighted by Crippen LogP contribution is 2.61. The van der Waals surface area contributed by atoms with E-state index >= 15 is 0 Å². The molecule has 4 aliphatic rings. The van der Waals surface area contributed by atoms with Crippen LogP contribution in [-0.4, -0.2) is 35.8 Å². The van der Waals surface area contributed by atoms with Crippen molar-refractivity contribution in [2.75, 3.05) is 13.1 Å². The van der Waals surface area contributed by atoms with Crippen LogP contribution in [0, 0.1) is 23.2 Å². The Morgan fingerprint density at radius 2 is 1.56 bits per heavy atom. The summed E-state index contributed by atoms with van der Waals surface area (Å²) in [7, 11) is 0. The van der Waals surface area contributed by atoms with Gasteiger partial charge in [-0.05, 0) is 81.5 Å². The Hall–Kier alpha value is -1.06. The normalized spacial score (nSPS) is 34.0. The van der Waals surface area contributed by atoms with Gasteiger partial charge in [0.25, 0.3) is 0 Å². The zero-order valence-corrected chi connectivity index (χ0v) is 16.4. The number of nitrogens with one attached hydrogen (secondary N) is 1. The molecule has 0 radical (unpaired) electrons. The minimum atomic E-state index is -0.382. The summed E-state index contributed by atoms with van der Waals surface area (Å²) in [6.45, 7) is 7.70. The maximum absolute atomic E-state index is 12.6. The van der Waals surface area contributed by atoms with E-state index in [4.69, 9.17) is 0 Å². The number of hydrogen-bond acceptors (Lipinski definition) is 2. The molecule has 4 aliphatic carbocycles. The molecule has 4 nitrogen and oxygen atoms in total. The van der Waals surface area contributed by atoms with Crippen LogP contribution in [0.4, 0.5) is 0 Å². The Labute approximate surface area is 153 Å². The molecular weight excluding hydrogens is 312 g/mol. The molecular formula is C21H36N2O2. The van der Waals surface area contributed by atoms with E-state index in [2.05, 4.69) is 26.1 Å². The average Bonchev–Trinajstić information content (AvgIpc) is 2.56. The van der Waals surface area contributed by atoms with Gasteiger partial charge in [-0.25, -0.2) is 0 Å². The molecule has 4 rings (SSSR count). The van der Waals surface area contributed by atoms with E-state index in [1.807, 2.05) is 0 Å². The van der Waals surface area contributed by atoms with Crippen molar-refractivity contribution in [3.63, 3.8) is 0 Å². The third-order valence-corrected chi connectivity index (χ3v) is 7.11. The Bertz CT molecular complexity index is 467. The van der Waals surface area contributed by atoms with Crippen LogP contribution in [0.1, 0.15) is 78.6 Å². The molecule has 4 heteroatoms. The maximum Gasteiger partial charge on any atom is 0.311 e. The SMILES string of the molecule is CCCCN(CCC)C(=O)C(=O)NC(C)C12CC3CC(CC(C3)C1)C2. The van der Waals surface area contributed by atoms with E-state index in [0.717, 1.165) is 37.0 Å². The zero-order valence-electron chi connectivity index (χ0n) is 16.4. The van der Waals surface area contributed by atoms with E-state index in [1.54, 1.807) is 4.90 Å². The lowest BCUT2D eigenvalue weighted by Crippen LogP contribution is -2.57. The summed E-state index contributed by atoms with van der Waals surface area (Å²) in [6.07, 6.45) is 10.9. The van der Waals surface area contributed by atoms with Gasteiger partial charge in [-0.15, -0.1) is 0 Å². The van der Waals surface area contributed by atoms with Gasteiger partial charge >= 0.3 is 11.8 Å². The number of amides is 2. The smallest absolute Gasteiger partial charge is 0.311 e. The van der Waals surface area contributed by atoms with Gasteiger partial charge < -0.3 is 10.2 Å². The molecule has 1 atom stereocenters. The van der Waals surface area contributed by atoms with Crippen molar-refractivity contribution >= 4 is 11.8 Å². The highest BCUT2D eigenvalue weighted by Gasteiger charge is 2.53. The first kappa shape index (κ1) is 18.7. The summed E-state index contributed by atoms with van der Waals surface area (Å²) in [5.74, 6) is 1.88.